The molecular formula is C40H52N6O7. The molecular weight excluding hydrogens is 676 g/mol. The standard InChI is InChI=1S/C40H52N6O7/c1-8-26-23-40(26,37(49)50)44-35(47)32-21-28(24-46(32)38(51)43-34(39(4,5)6)36(48)41-18-19-45(9-2)10-3)53-33-22-30(25-14-12-11-13-15-25)42-31-20-27(52-7)16-17-29(31)33/h8,11-17,20,22,26,28,32,34H,1,9-10,18-19,21,23-24H2,2-7H3,(H,41,48)(H,43,51)(H,44,47)(H,49,50)/t26-,28-,32+,34?,40-/m1/s1. The third-order valence-electron chi connectivity index (χ3n) is 10.2. The molecule has 2 fully saturated rings. The highest BCUT2D eigenvalue weighted by molar-refractivity contribution is 5.95. The van der Waals surface area contributed by atoms with Gasteiger partial charge < -0.3 is 40.3 Å². The second-order valence-corrected chi connectivity index (χ2v) is 14.8. The molecule has 5 rings (SSSR count). The monoisotopic (exact) mass is 728 g/mol. The van der Waals surface area contributed by atoms with Crippen LogP contribution < -0.4 is 25.4 Å². The van der Waals surface area contributed by atoms with Gasteiger partial charge in [-0.25, -0.2) is 14.6 Å². The second-order valence-electron chi connectivity index (χ2n) is 14.8. The molecule has 1 aromatic heterocycles. The van der Waals surface area contributed by atoms with Crippen molar-refractivity contribution in [3.05, 3.63) is 67.3 Å². The van der Waals surface area contributed by atoms with Crippen molar-refractivity contribution in [1.82, 2.24) is 30.7 Å². The van der Waals surface area contributed by atoms with Gasteiger partial charge in [-0.15, -0.1) is 6.58 Å². The molecule has 284 valence electrons. The molecule has 1 saturated heterocycles. The molecule has 4 N–H and O–H groups in total. The first kappa shape index (κ1) is 39.0. The van der Waals surface area contributed by atoms with Crippen molar-refractivity contribution < 1.29 is 33.8 Å². The lowest BCUT2D eigenvalue weighted by Gasteiger charge is -2.33. The van der Waals surface area contributed by atoms with Crippen LogP contribution >= 0.6 is 0 Å². The van der Waals surface area contributed by atoms with Crippen LogP contribution in [0.1, 0.15) is 47.5 Å². The van der Waals surface area contributed by atoms with E-state index in [0.29, 0.717) is 41.2 Å². The quantitative estimate of drug-likeness (QED) is 0.166. The fraction of sp³-hybridized carbons (Fsp3) is 0.475. The van der Waals surface area contributed by atoms with Gasteiger partial charge in [-0.3, -0.25) is 9.59 Å². The highest BCUT2D eigenvalue weighted by atomic mass is 16.5. The van der Waals surface area contributed by atoms with Crippen LogP contribution in [0.25, 0.3) is 22.2 Å². The number of likely N-dealkylation sites (tertiary alicyclic amines) is 1. The van der Waals surface area contributed by atoms with Crippen molar-refractivity contribution >= 4 is 34.7 Å². The largest absolute Gasteiger partial charge is 0.497 e. The minimum Gasteiger partial charge on any atom is -0.497 e. The van der Waals surface area contributed by atoms with Crippen LogP contribution in [0.4, 0.5) is 4.79 Å². The Balaban J connectivity index is 1.44. The number of nitrogens with one attached hydrogen (secondary N) is 3. The summed E-state index contributed by atoms with van der Waals surface area (Å²) in [6.07, 6.45) is 1.12. The zero-order valence-corrected chi connectivity index (χ0v) is 31.5. The maximum atomic E-state index is 14.2. The van der Waals surface area contributed by atoms with Gasteiger partial charge in [0, 0.05) is 48.5 Å². The molecule has 1 aliphatic carbocycles. The number of nitrogens with zero attached hydrogens (tertiary/aromatic N) is 3. The van der Waals surface area contributed by atoms with E-state index in [4.69, 9.17) is 14.5 Å². The average Bonchev–Trinajstić information content (AvgIpc) is 3.70. The summed E-state index contributed by atoms with van der Waals surface area (Å²) < 4.78 is 12.1. The molecule has 53 heavy (non-hydrogen) atoms. The first-order valence-corrected chi connectivity index (χ1v) is 18.2. The van der Waals surface area contributed by atoms with E-state index in [0.717, 1.165) is 18.7 Å². The minimum absolute atomic E-state index is 0.00401. The van der Waals surface area contributed by atoms with Gasteiger partial charge in [0.05, 0.1) is 24.9 Å². The highest BCUT2D eigenvalue weighted by Gasteiger charge is 2.61. The summed E-state index contributed by atoms with van der Waals surface area (Å²) in [7, 11) is 1.58. The number of likely N-dealkylation sites (N-methyl/N-ethyl adjacent to an activating group) is 1. The zero-order valence-electron chi connectivity index (χ0n) is 31.5. The number of rotatable bonds is 15. The first-order valence-electron chi connectivity index (χ1n) is 18.2. The number of carbonyl (C=O) groups is 4. The maximum Gasteiger partial charge on any atom is 0.330 e. The van der Waals surface area contributed by atoms with Gasteiger partial charge in [-0.2, -0.15) is 0 Å². The number of hydrogen-bond acceptors (Lipinski definition) is 8. The molecule has 1 saturated carbocycles. The van der Waals surface area contributed by atoms with E-state index < -0.39 is 53.0 Å². The van der Waals surface area contributed by atoms with Crippen molar-refractivity contribution in [2.75, 3.05) is 39.8 Å². The number of aliphatic carboxylic acids is 1. The zero-order chi connectivity index (χ0) is 38.5. The van der Waals surface area contributed by atoms with Crippen LogP contribution in [0.5, 0.6) is 11.5 Å². The van der Waals surface area contributed by atoms with Gasteiger partial charge in [0.25, 0.3) is 0 Å². The number of carboxylic acids is 1. The summed E-state index contributed by atoms with van der Waals surface area (Å²) in [4.78, 5) is 62.4. The summed E-state index contributed by atoms with van der Waals surface area (Å²) >= 11 is 0. The van der Waals surface area contributed by atoms with E-state index in [1.54, 1.807) is 13.2 Å². The Morgan fingerprint density at radius 2 is 1.83 bits per heavy atom. The van der Waals surface area contributed by atoms with Crippen LogP contribution in [0.15, 0.2) is 67.3 Å². The first-order chi connectivity index (χ1) is 25.2. The van der Waals surface area contributed by atoms with Crippen LogP contribution in [-0.4, -0.2) is 107 Å². The second kappa shape index (κ2) is 16.2. The number of pyridine rings is 1. The van der Waals surface area contributed by atoms with Gasteiger partial charge >= 0.3 is 12.0 Å². The van der Waals surface area contributed by atoms with Gasteiger partial charge in [0.1, 0.15) is 35.2 Å². The van der Waals surface area contributed by atoms with Crippen LogP contribution in [0, 0.1) is 11.3 Å². The normalized spacial score (nSPS) is 21.5. The van der Waals surface area contributed by atoms with Crippen molar-refractivity contribution in [2.24, 2.45) is 11.3 Å². The molecule has 0 bridgehead atoms. The summed E-state index contributed by atoms with van der Waals surface area (Å²) in [5.41, 5.74) is -0.00318. The number of amides is 4. The summed E-state index contributed by atoms with van der Waals surface area (Å²) in [5.74, 6) is -1.45. The molecule has 1 aliphatic heterocycles. The topological polar surface area (TPSA) is 162 Å². The SMILES string of the molecule is C=C[C@@H]1C[C@]1(NC(=O)[C@@H]1C[C@@H](Oc2cc(-c3ccccc3)nc3cc(OC)ccc23)CN1C(=O)NC(C(=O)NCCN(CC)CC)C(C)(C)C)C(=O)O. The smallest absolute Gasteiger partial charge is 0.330 e. The van der Waals surface area contributed by atoms with Crippen LogP contribution in [0.3, 0.4) is 0 Å². The Labute approximate surface area is 311 Å². The maximum absolute atomic E-state index is 14.2. The fourth-order valence-electron chi connectivity index (χ4n) is 6.87. The summed E-state index contributed by atoms with van der Waals surface area (Å²) in [5, 5.41) is 19.3. The van der Waals surface area contributed by atoms with E-state index in [1.165, 1.54) is 11.0 Å². The summed E-state index contributed by atoms with van der Waals surface area (Å²) in [6.45, 7) is 16.2. The number of ether oxygens (including phenoxy) is 2. The molecule has 4 amide bonds. The highest BCUT2D eigenvalue weighted by Crippen LogP contribution is 2.45. The Kier molecular flexibility index (Phi) is 12.0. The van der Waals surface area contributed by atoms with E-state index in [2.05, 4.69) is 41.3 Å². The van der Waals surface area contributed by atoms with Crippen molar-refractivity contribution in [3.8, 4) is 22.8 Å². The van der Waals surface area contributed by atoms with E-state index in [9.17, 15) is 24.3 Å². The molecule has 2 aliphatic rings. The number of urea groups is 1. The number of hydrogen-bond donors (Lipinski definition) is 4. The van der Waals surface area contributed by atoms with E-state index in [-0.39, 0.29) is 25.3 Å². The number of fused-ring (bicyclic) bond motifs is 1. The average molecular weight is 729 g/mol. The molecule has 3 aromatic rings. The number of benzene rings is 2. The van der Waals surface area contributed by atoms with Gasteiger partial charge in [-0.1, -0.05) is 71.0 Å². The molecule has 1 unspecified atom stereocenters. The molecule has 0 radical (unpaired) electrons. The Morgan fingerprint density at radius 1 is 1.11 bits per heavy atom. The molecule has 2 aromatic carbocycles. The third kappa shape index (κ3) is 8.73. The van der Waals surface area contributed by atoms with E-state index in [1.807, 2.05) is 69.3 Å². The van der Waals surface area contributed by atoms with Crippen molar-refractivity contribution in [1.29, 1.82) is 0 Å². The van der Waals surface area contributed by atoms with Crippen LogP contribution in [-0.2, 0) is 14.4 Å². The van der Waals surface area contributed by atoms with E-state index >= 15 is 0 Å². The fourth-order valence-corrected chi connectivity index (χ4v) is 6.87. The molecule has 13 nitrogen and oxygen atoms in total. The predicted molar refractivity (Wildman–Crippen MR) is 203 cm³/mol. The Bertz CT molecular complexity index is 1830. The van der Waals surface area contributed by atoms with Gasteiger partial charge in [-0.05, 0) is 37.1 Å². The Morgan fingerprint density at radius 3 is 2.43 bits per heavy atom. The summed E-state index contributed by atoms with van der Waals surface area (Å²) in [6, 6.07) is 14.3. The lowest BCUT2D eigenvalue weighted by atomic mass is 9.86. The molecule has 13 heteroatoms. The molecule has 0 spiro atoms. The number of carboxylic acid groups (broad SMARTS) is 1. The third-order valence-corrected chi connectivity index (χ3v) is 10.2. The minimum atomic E-state index is -1.50. The molecule has 5 atom stereocenters. The predicted octanol–water partition coefficient (Wildman–Crippen LogP) is 4.46. The number of carbonyl (C=O) groups excluding carboxylic acids is 3. The van der Waals surface area contributed by atoms with Crippen molar-refractivity contribution in [2.45, 2.75) is 71.2 Å². The van der Waals surface area contributed by atoms with Crippen molar-refractivity contribution in [3.63, 3.8) is 0 Å². The Hall–Kier alpha value is -5.17. The lowest BCUT2D eigenvalue weighted by Crippen LogP contribution is -2.59. The van der Waals surface area contributed by atoms with Crippen LogP contribution in [0.2, 0.25) is 0 Å². The number of methoxy groups -OCH3 is 1. The molecule has 2 heterocycles. The van der Waals surface area contributed by atoms with Gasteiger partial charge in [0.2, 0.25) is 11.8 Å². The lowest BCUT2D eigenvalue weighted by molar-refractivity contribution is -0.144. The number of aromatic nitrogens is 1. The van der Waals surface area contributed by atoms with Gasteiger partial charge in [0.15, 0.2) is 0 Å².